The molecule has 1 aromatic carbocycles. The van der Waals surface area contributed by atoms with Gasteiger partial charge in [-0.3, -0.25) is 4.79 Å². The number of amides is 1. The molecule has 1 heterocycles. The van der Waals surface area contributed by atoms with Crippen LogP contribution < -0.4 is 10.5 Å². The molecular formula is C17H24N2O3. The molecule has 22 heavy (non-hydrogen) atoms. The minimum atomic E-state index is 0.0876. The van der Waals surface area contributed by atoms with Gasteiger partial charge in [-0.1, -0.05) is 6.07 Å². The first-order valence-corrected chi connectivity index (χ1v) is 7.98. The number of hydrogen-bond donors (Lipinski definition) is 1. The van der Waals surface area contributed by atoms with Crippen LogP contribution in [0.5, 0.6) is 5.75 Å². The first-order valence-electron chi connectivity index (χ1n) is 7.98. The zero-order valence-electron chi connectivity index (χ0n) is 13.0. The van der Waals surface area contributed by atoms with Crippen LogP contribution in [-0.2, 0) is 4.74 Å². The normalized spacial score (nSPS) is 27.0. The molecule has 1 saturated carbocycles. The van der Waals surface area contributed by atoms with Crippen molar-refractivity contribution in [3.05, 3.63) is 29.8 Å². The molecule has 1 aromatic rings. The summed E-state index contributed by atoms with van der Waals surface area (Å²) in [5, 5.41) is 0. The zero-order chi connectivity index (χ0) is 15.5. The van der Waals surface area contributed by atoms with Crippen molar-refractivity contribution in [3.63, 3.8) is 0 Å². The van der Waals surface area contributed by atoms with Gasteiger partial charge in [-0.15, -0.1) is 0 Å². The van der Waals surface area contributed by atoms with E-state index >= 15 is 0 Å². The summed E-state index contributed by atoms with van der Waals surface area (Å²) in [5.74, 6) is 1.74. The number of methoxy groups -OCH3 is 1. The third-order valence-electron chi connectivity index (χ3n) is 4.77. The van der Waals surface area contributed by atoms with Gasteiger partial charge in [0.25, 0.3) is 5.91 Å². The standard InChI is InChI=1S/C17H24N2O3/c1-21-16-13-5-6-14(16)11-19(10-13)17(20)12-3-2-4-15(9-12)22-8-7-18/h2-4,9,13-14,16H,5-8,10-11,18H2,1H3/t13-,14+,16?. The van der Waals surface area contributed by atoms with Crippen molar-refractivity contribution < 1.29 is 14.3 Å². The molecule has 0 aromatic heterocycles. The Labute approximate surface area is 131 Å². The minimum Gasteiger partial charge on any atom is -0.492 e. The molecule has 0 spiro atoms. The number of likely N-dealkylation sites (tertiary alicyclic amines) is 1. The van der Waals surface area contributed by atoms with E-state index in [9.17, 15) is 4.79 Å². The highest BCUT2D eigenvalue weighted by atomic mass is 16.5. The molecule has 5 nitrogen and oxygen atoms in total. The number of nitrogens with two attached hydrogens (primary N) is 1. The highest BCUT2D eigenvalue weighted by Crippen LogP contribution is 2.39. The molecule has 1 aliphatic carbocycles. The van der Waals surface area contributed by atoms with Gasteiger partial charge in [-0.25, -0.2) is 0 Å². The van der Waals surface area contributed by atoms with Gasteiger partial charge >= 0.3 is 0 Å². The molecule has 1 saturated heterocycles. The van der Waals surface area contributed by atoms with Gasteiger partial charge in [-0.05, 0) is 31.0 Å². The van der Waals surface area contributed by atoms with Crippen LogP contribution >= 0.6 is 0 Å². The monoisotopic (exact) mass is 304 g/mol. The van der Waals surface area contributed by atoms with E-state index in [1.807, 2.05) is 29.2 Å². The summed E-state index contributed by atoms with van der Waals surface area (Å²) in [5.41, 5.74) is 6.13. The van der Waals surface area contributed by atoms with Crippen molar-refractivity contribution in [2.24, 2.45) is 17.6 Å². The fourth-order valence-electron chi connectivity index (χ4n) is 3.80. The fourth-order valence-corrected chi connectivity index (χ4v) is 3.80. The van der Waals surface area contributed by atoms with E-state index in [4.69, 9.17) is 15.2 Å². The fraction of sp³-hybridized carbons (Fsp3) is 0.588. The first kappa shape index (κ1) is 15.3. The van der Waals surface area contributed by atoms with E-state index in [1.165, 1.54) is 0 Å². The molecule has 1 unspecified atom stereocenters. The molecule has 0 radical (unpaired) electrons. The molecule has 5 heteroatoms. The van der Waals surface area contributed by atoms with E-state index in [0.717, 1.165) is 25.9 Å². The van der Waals surface area contributed by atoms with Gasteiger partial charge in [0, 0.05) is 44.1 Å². The lowest BCUT2D eigenvalue weighted by Crippen LogP contribution is -2.48. The summed E-state index contributed by atoms with van der Waals surface area (Å²) in [6, 6.07) is 7.37. The van der Waals surface area contributed by atoms with E-state index in [2.05, 4.69) is 0 Å². The van der Waals surface area contributed by atoms with Gasteiger partial charge < -0.3 is 20.1 Å². The summed E-state index contributed by atoms with van der Waals surface area (Å²) in [4.78, 5) is 14.7. The number of nitrogens with zero attached hydrogens (tertiary/aromatic N) is 1. The molecule has 2 bridgehead atoms. The van der Waals surface area contributed by atoms with Crippen LogP contribution in [0.25, 0.3) is 0 Å². The highest BCUT2D eigenvalue weighted by Gasteiger charge is 2.43. The van der Waals surface area contributed by atoms with Crippen LogP contribution in [0.4, 0.5) is 0 Å². The van der Waals surface area contributed by atoms with Gasteiger partial charge in [-0.2, -0.15) is 0 Å². The average Bonchev–Trinajstić information content (AvgIpc) is 2.80. The molecule has 1 amide bonds. The maximum absolute atomic E-state index is 12.7. The third-order valence-corrected chi connectivity index (χ3v) is 4.77. The topological polar surface area (TPSA) is 64.8 Å². The average molecular weight is 304 g/mol. The van der Waals surface area contributed by atoms with E-state index in [1.54, 1.807) is 7.11 Å². The Balaban J connectivity index is 1.69. The van der Waals surface area contributed by atoms with Gasteiger partial charge in [0.15, 0.2) is 0 Å². The molecular weight excluding hydrogens is 280 g/mol. The van der Waals surface area contributed by atoms with Crippen LogP contribution in [-0.4, -0.2) is 50.3 Å². The lowest BCUT2D eigenvalue weighted by atomic mass is 9.94. The Morgan fingerprint density at radius 3 is 2.68 bits per heavy atom. The summed E-state index contributed by atoms with van der Waals surface area (Å²) >= 11 is 0. The predicted molar refractivity (Wildman–Crippen MR) is 83.9 cm³/mol. The molecule has 1 aliphatic heterocycles. The largest absolute Gasteiger partial charge is 0.492 e. The molecule has 3 rings (SSSR count). The number of fused-ring (bicyclic) bond motifs is 2. The lowest BCUT2D eigenvalue weighted by molar-refractivity contribution is -0.0113. The van der Waals surface area contributed by atoms with Crippen LogP contribution in [0.2, 0.25) is 0 Å². The zero-order valence-corrected chi connectivity index (χ0v) is 13.0. The maximum Gasteiger partial charge on any atom is 0.254 e. The maximum atomic E-state index is 12.7. The Hall–Kier alpha value is -1.59. The Morgan fingerprint density at radius 2 is 2.05 bits per heavy atom. The predicted octanol–water partition coefficient (Wildman–Crippen LogP) is 1.52. The molecule has 120 valence electrons. The van der Waals surface area contributed by atoms with Crippen molar-refractivity contribution in [2.45, 2.75) is 18.9 Å². The Bertz CT molecular complexity index is 520. The van der Waals surface area contributed by atoms with Crippen LogP contribution in [0.15, 0.2) is 24.3 Å². The summed E-state index contributed by atoms with van der Waals surface area (Å²) in [7, 11) is 1.78. The molecule has 2 N–H and O–H groups in total. The molecule has 2 aliphatic rings. The van der Waals surface area contributed by atoms with Crippen molar-refractivity contribution in [1.29, 1.82) is 0 Å². The smallest absolute Gasteiger partial charge is 0.254 e. The number of ether oxygens (including phenoxy) is 2. The van der Waals surface area contributed by atoms with E-state index in [0.29, 0.717) is 42.4 Å². The van der Waals surface area contributed by atoms with Crippen molar-refractivity contribution in [3.8, 4) is 5.75 Å². The quantitative estimate of drug-likeness (QED) is 0.896. The van der Waals surface area contributed by atoms with Crippen molar-refractivity contribution >= 4 is 5.91 Å². The number of hydrogen-bond acceptors (Lipinski definition) is 4. The van der Waals surface area contributed by atoms with Gasteiger partial charge in [0.05, 0.1) is 6.10 Å². The van der Waals surface area contributed by atoms with Crippen LogP contribution in [0.1, 0.15) is 23.2 Å². The SMILES string of the molecule is COC1[C@@H]2CC[C@H]1CN(C(=O)c1cccc(OCCN)c1)C2. The van der Waals surface area contributed by atoms with E-state index < -0.39 is 0 Å². The van der Waals surface area contributed by atoms with Crippen LogP contribution in [0.3, 0.4) is 0 Å². The second kappa shape index (κ2) is 6.67. The summed E-state index contributed by atoms with van der Waals surface area (Å²) in [6.07, 6.45) is 2.64. The van der Waals surface area contributed by atoms with Gasteiger partial charge in [0.1, 0.15) is 12.4 Å². The molecule has 3 atom stereocenters. The van der Waals surface area contributed by atoms with Crippen molar-refractivity contribution in [1.82, 2.24) is 4.90 Å². The molecule has 2 fully saturated rings. The summed E-state index contributed by atoms with van der Waals surface area (Å²) < 4.78 is 11.1. The first-order chi connectivity index (χ1) is 10.7. The Morgan fingerprint density at radius 1 is 1.32 bits per heavy atom. The Kier molecular flexibility index (Phi) is 4.64. The third kappa shape index (κ3) is 2.96. The number of rotatable bonds is 5. The lowest BCUT2D eigenvalue weighted by Gasteiger charge is -2.37. The van der Waals surface area contributed by atoms with E-state index in [-0.39, 0.29) is 5.91 Å². The van der Waals surface area contributed by atoms with Crippen molar-refractivity contribution in [2.75, 3.05) is 33.4 Å². The number of carbonyl (C=O) groups is 1. The minimum absolute atomic E-state index is 0.0876. The number of piperidine rings is 1. The summed E-state index contributed by atoms with van der Waals surface area (Å²) in [6.45, 7) is 2.51. The second-order valence-corrected chi connectivity index (χ2v) is 6.17. The highest BCUT2D eigenvalue weighted by molar-refractivity contribution is 5.94. The van der Waals surface area contributed by atoms with Gasteiger partial charge in [0.2, 0.25) is 0 Å². The number of carbonyl (C=O) groups excluding carboxylic acids is 1. The second-order valence-electron chi connectivity index (χ2n) is 6.17. The number of benzene rings is 1. The van der Waals surface area contributed by atoms with Crippen LogP contribution in [0, 0.1) is 11.8 Å².